The second-order valence-electron chi connectivity index (χ2n) is 23.3. The van der Waals surface area contributed by atoms with Crippen LogP contribution in [0.4, 0.5) is 0 Å². The molecule has 0 saturated heterocycles. The predicted octanol–water partition coefficient (Wildman–Crippen LogP) is 15.4. The molecule has 0 atom stereocenters. The molecule has 9 aromatic carbocycles. The molecule has 9 nitrogen and oxygen atoms in total. The normalized spacial score (nSPS) is 12.6. The molecule has 1 radical (unpaired) electrons. The molecule has 0 spiro atoms. The fourth-order valence-corrected chi connectivity index (χ4v) is 14.6. The van der Waals surface area contributed by atoms with E-state index < -0.39 is 0 Å². The summed E-state index contributed by atoms with van der Waals surface area (Å²) < 4.78 is 22.0. The standard InChI is InChI=1S/C22H15N2.C19H17N2.C18H15N2.C17H13N2O.Ir/c1-2-8-16(9-3-1)14-17-15-24-21-13-7-6-11-19(21)18-10-4-5-12-20(18)22(24)23-17;1-12(2)17-11-21-16-9-4-3-7-14(16)15-8-5-6-13-10-20(17)19(21)18(13)15;1-2-13-11-20-16-9-4-3-7-14(16)15-8-5-6-12-10-19(13)18(20)17(12)15;1-20-15-10-18-14-8-3-2-6-12(14)13-7-4-5-11-9-19(15)17(18)16(11)13;/h1-11,13,15H,14H2;3-9,11-12H,10H2,1-2H3;3-9,11H,2,10H2,1H3;2-8,10H,9H2,1H3;/q-1;3*+1;. The largest absolute Gasteiger partial charge is 0.463 e. The zero-order valence-electron chi connectivity index (χ0n) is 48.3. The van der Waals surface area contributed by atoms with Crippen molar-refractivity contribution in [3.8, 4) is 5.88 Å². The van der Waals surface area contributed by atoms with E-state index in [2.05, 4.69) is 265 Å². The number of methoxy groups -OCH3 is 1. The summed E-state index contributed by atoms with van der Waals surface area (Å²) in [7, 11) is 1.74. The number of aromatic nitrogens is 8. The summed E-state index contributed by atoms with van der Waals surface area (Å²) in [6, 6.07) is 74.6. The van der Waals surface area contributed by atoms with E-state index in [0.29, 0.717) is 5.92 Å². The molecule has 3 aliphatic rings. The summed E-state index contributed by atoms with van der Waals surface area (Å²) in [4.78, 5) is 4.92. The van der Waals surface area contributed by atoms with Gasteiger partial charge in [-0.25, -0.2) is 9.13 Å². The van der Waals surface area contributed by atoms with Crippen molar-refractivity contribution < 1.29 is 38.2 Å². The van der Waals surface area contributed by atoms with E-state index in [1.165, 1.54) is 132 Å². The molecule has 11 heterocycles. The number of para-hydroxylation sites is 4. The van der Waals surface area contributed by atoms with Crippen molar-refractivity contribution in [2.75, 3.05) is 7.11 Å². The maximum atomic E-state index is 5.55. The summed E-state index contributed by atoms with van der Waals surface area (Å²) >= 11 is 0. The Hall–Kier alpha value is -9.73. The first-order chi connectivity index (χ1) is 41.9. The Morgan fingerprint density at radius 1 is 0.523 bits per heavy atom. The van der Waals surface area contributed by atoms with Gasteiger partial charge in [0.25, 0.3) is 16.9 Å². The van der Waals surface area contributed by atoms with E-state index in [1.807, 2.05) is 18.2 Å². The smallest absolute Gasteiger partial charge is 0.325 e. The molecule has 20 rings (SSSR count). The maximum absolute atomic E-state index is 5.55. The van der Waals surface area contributed by atoms with E-state index in [1.54, 1.807) is 7.11 Å². The van der Waals surface area contributed by atoms with Crippen LogP contribution < -0.4 is 18.1 Å². The Kier molecular flexibility index (Phi) is 12.2. The van der Waals surface area contributed by atoms with Gasteiger partial charge < -0.3 is 9.14 Å². The molecule has 0 fully saturated rings. The van der Waals surface area contributed by atoms with E-state index in [0.717, 1.165) is 55.1 Å². The minimum absolute atomic E-state index is 0. The summed E-state index contributed by atoms with van der Waals surface area (Å²) in [6.45, 7) is 9.71. The van der Waals surface area contributed by atoms with Crippen molar-refractivity contribution in [3.63, 3.8) is 0 Å². The molecule has 10 heteroatoms. The van der Waals surface area contributed by atoms with Gasteiger partial charge in [-0.3, -0.25) is 4.98 Å². The van der Waals surface area contributed by atoms with E-state index in [4.69, 9.17) is 9.72 Å². The van der Waals surface area contributed by atoms with Gasteiger partial charge in [0.15, 0.2) is 6.20 Å². The molecular formula is C76H60IrN8O+2. The maximum Gasteiger partial charge on any atom is 0.325 e. The quantitative estimate of drug-likeness (QED) is 0.0980. The van der Waals surface area contributed by atoms with Gasteiger partial charge >= 0.3 is 5.88 Å². The third-order valence-corrected chi connectivity index (χ3v) is 18.3. The van der Waals surface area contributed by atoms with Gasteiger partial charge in [-0.1, -0.05) is 184 Å². The molecule has 0 aliphatic carbocycles. The molecule has 8 aromatic heterocycles. The summed E-state index contributed by atoms with van der Waals surface area (Å²) in [5.41, 5.74) is 19.5. The number of hydrogen-bond acceptors (Lipinski definition) is 2. The van der Waals surface area contributed by atoms with Crippen molar-refractivity contribution in [2.24, 2.45) is 0 Å². The van der Waals surface area contributed by atoms with Crippen LogP contribution in [-0.2, 0) is 52.6 Å². The van der Waals surface area contributed by atoms with Gasteiger partial charge in [0.2, 0.25) is 0 Å². The van der Waals surface area contributed by atoms with Crippen LogP contribution in [0.25, 0.3) is 109 Å². The van der Waals surface area contributed by atoms with E-state index in [-0.39, 0.29) is 20.1 Å². The van der Waals surface area contributed by atoms with Gasteiger partial charge in [-0.2, -0.15) is 17.8 Å². The van der Waals surface area contributed by atoms with E-state index in [9.17, 15) is 0 Å². The second kappa shape index (κ2) is 20.2. The van der Waals surface area contributed by atoms with Gasteiger partial charge in [-0.05, 0) is 35.2 Å². The Morgan fingerprint density at radius 3 is 1.72 bits per heavy atom. The van der Waals surface area contributed by atoms with Crippen LogP contribution in [0, 0.1) is 6.07 Å². The summed E-state index contributed by atoms with van der Waals surface area (Å²) in [5, 5.41) is 15.8. The fraction of sp³-hybridized carbons (Fsp3) is 0.132. The Bertz CT molecular complexity index is 5390. The number of pyridine rings is 4. The van der Waals surface area contributed by atoms with Crippen molar-refractivity contribution in [1.29, 1.82) is 0 Å². The van der Waals surface area contributed by atoms with Crippen molar-refractivity contribution in [2.45, 2.75) is 59.2 Å². The molecule has 0 saturated carbocycles. The number of hydrogen-bond donors (Lipinski definition) is 0. The molecule has 0 bridgehead atoms. The van der Waals surface area contributed by atoms with Crippen molar-refractivity contribution in [3.05, 3.63) is 270 Å². The number of imidazole rings is 4. The second-order valence-corrected chi connectivity index (χ2v) is 23.3. The van der Waals surface area contributed by atoms with Crippen molar-refractivity contribution in [1.82, 2.24) is 22.9 Å². The number of nitrogens with zero attached hydrogens (tertiary/aromatic N) is 8. The van der Waals surface area contributed by atoms with E-state index >= 15 is 0 Å². The van der Waals surface area contributed by atoms with Gasteiger partial charge in [-0.15, -0.1) is 29.7 Å². The number of benzene rings is 9. The number of ether oxygens (including phenoxy) is 1. The minimum atomic E-state index is 0. The Morgan fingerprint density at radius 2 is 1.06 bits per heavy atom. The first-order valence-corrected chi connectivity index (χ1v) is 29.8. The Labute approximate surface area is 509 Å². The Balaban J connectivity index is 0.0000000929. The molecule has 0 N–H and O–H groups in total. The molecule has 417 valence electrons. The fourth-order valence-electron chi connectivity index (χ4n) is 14.6. The zero-order chi connectivity index (χ0) is 56.6. The number of aryl methyl sites for hydroxylation is 1. The number of fused-ring (bicyclic) bond motifs is 15. The average Bonchev–Trinajstić information content (AvgIpc) is 1.73. The third-order valence-electron chi connectivity index (χ3n) is 18.3. The van der Waals surface area contributed by atoms with Crippen LogP contribution in [-0.4, -0.2) is 30.0 Å². The van der Waals surface area contributed by atoms with Crippen LogP contribution in [0.15, 0.2) is 225 Å². The number of rotatable bonds is 5. The molecule has 3 aliphatic heterocycles. The molecule has 86 heavy (non-hydrogen) atoms. The van der Waals surface area contributed by atoms with Crippen LogP contribution >= 0.6 is 0 Å². The molecule has 17 aromatic rings. The van der Waals surface area contributed by atoms with Crippen LogP contribution in [0.5, 0.6) is 5.88 Å². The minimum Gasteiger partial charge on any atom is -0.463 e. The summed E-state index contributed by atoms with van der Waals surface area (Å²) in [5.74, 6) is 1.45. The van der Waals surface area contributed by atoms with Gasteiger partial charge in [0, 0.05) is 99.6 Å². The van der Waals surface area contributed by atoms with Crippen LogP contribution in [0.2, 0.25) is 0 Å². The first-order valence-electron chi connectivity index (χ1n) is 29.8. The average molecular weight is 1290 g/mol. The van der Waals surface area contributed by atoms with Gasteiger partial charge in [0.05, 0.1) is 34.6 Å². The molecular weight excluding hydrogens is 1230 g/mol. The van der Waals surface area contributed by atoms with Crippen molar-refractivity contribution >= 4 is 109 Å². The van der Waals surface area contributed by atoms with Crippen LogP contribution in [0.1, 0.15) is 66.0 Å². The first kappa shape index (κ1) is 51.9. The summed E-state index contributed by atoms with van der Waals surface area (Å²) in [6.07, 6.45) is 10.8. The molecule has 0 unspecified atom stereocenters. The van der Waals surface area contributed by atoms with Crippen LogP contribution in [0.3, 0.4) is 0 Å². The zero-order valence-corrected chi connectivity index (χ0v) is 50.7. The monoisotopic (exact) mass is 1290 g/mol. The molecule has 0 amide bonds. The SMILES string of the molecule is CC(C)c1c[n+]2c3ccccc3c3cccc4c3c2n1C4.CCc1c[n+]2c3ccccc3c3cccc4c3c2n1C4.COc1cn2c3ccccc3c3cccc4c3c2[n+]1C4.[Ir].[c-]1cccc2c1c1nc(Cc3ccccc3)cn1c1ccccc21. The third kappa shape index (κ3) is 7.72. The predicted molar refractivity (Wildman–Crippen MR) is 343 cm³/mol. The topological polar surface area (TPSA) is 52.9 Å². The van der Waals surface area contributed by atoms with Gasteiger partial charge in [0.1, 0.15) is 60.0 Å².